The second-order valence-corrected chi connectivity index (χ2v) is 6.51. The maximum absolute atomic E-state index is 12.5. The number of hydrogen-bond acceptors (Lipinski definition) is 3. The van der Waals surface area contributed by atoms with E-state index in [0.717, 1.165) is 25.0 Å². The van der Waals surface area contributed by atoms with E-state index in [0.29, 0.717) is 12.5 Å². The second kappa shape index (κ2) is 7.78. The Labute approximate surface area is 120 Å². The van der Waals surface area contributed by atoms with Gasteiger partial charge in [0.15, 0.2) is 0 Å². The van der Waals surface area contributed by atoms with Crippen molar-refractivity contribution in [2.75, 3.05) is 18.6 Å². The van der Waals surface area contributed by atoms with Crippen LogP contribution in [0.1, 0.15) is 40.0 Å². The van der Waals surface area contributed by atoms with E-state index in [1.807, 2.05) is 13.2 Å². The molecule has 0 aromatic heterocycles. The number of piperazine rings is 1. The molecule has 0 bridgehead atoms. The molecule has 110 valence electrons. The predicted molar refractivity (Wildman–Crippen MR) is 80.2 cm³/mol. The van der Waals surface area contributed by atoms with Gasteiger partial charge in [-0.25, -0.2) is 0 Å². The van der Waals surface area contributed by atoms with Crippen molar-refractivity contribution in [2.45, 2.75) is 52.1 Å². The minimum Gasteiger partial charge on any atom is -0.343 e. The Morgan fingerprint density at radius 2 is 2.05 bits per heavy atom. The molecule has 1 aliphatic heterocycles. The molecule has 1 saturated heterocycles. The first-order chi connectivity index (χ1) is 9.01. The molecule has 2 unspecified atom stereocenters. The van der Waals surface area contributed by atoms with Crippen LogP contribution in [0.15, 0.2) is 0 Å². The molecule has 1 rings (SSSR count). The van der Waals surface area contributed by atoms with Crippen LogP contribution in [0.2, 0.25) is 0 Å². The maximum atomic E-state index is 12.5. The van der Waals surface area contributed by atoms with Gasteiger partial charge in [-0.1, -0.05) is 27.2 Å². The van der Waals surface area contributed by atoms with Crippen LogP contribution >= 0.6 is 11.8 Å². The fraction of sp³-hybridized carbons (Fsp3) is 0.857. The van der Waals surface area contributed by atoms with Gasteiger partial charge in [0.2, 0.25) is 11.8 Å². The fourth-order valence-corrected chi connectivity index (χ4v) is 2.83. The van der Waals surface area contributed by atoms with Gasteiger partial charge < -0.3 is 10.2 Å². The second-order valence-electron chi connectivity index (χ2n) is 5.52. The largest absolute Gasteiger partial charge is 0.343 e. The van der Waals surface area contributed by atoms with Gasteiger partial charge in [0.05, 0.1) is 0 Å². The smallest absolute Gasteiger partial charge is 0.245 e. The van der Waals surface area contributed by atoms with Crippen molar-refractivity contribution >= 4 is 23.6 Å². The molecule has 1 aliphatic rings. The number of thioether (sulfide) groups is 1. The van der Waals surface area contributed by atoms with Gasteiger partial charge in [-0.05, 0) is 25.0 Å². The van der Waals surface area contributed by atoms with Crippen molar-refractivity contribution in [3.05, 3.63) is 0 Å². The van der Waals surface area contributed by atoms with Gasteiger partial charge in [-0.3, -0.25) is 9.59 Å². The summed E-state index contributed by atoms with van der Waals surface area (Å²) in [6, 6.07) is -0.601. The molecule has 5 heteroatoms. The van der Waals surface area contributed by atoms with Gasteiger partial charge in [-0.15, -0.1) is 0 Å². The molecule has 0 spiro atoms. The highest BCUT2D eigenvalue weighted by molar-refractivity contribution is 7.98. The van der Waals surface area contributed by atoms with Crippen LogP contribution in [0, 0.1) is 5.92 Å². The number of amides is 2. The molecule has 1 N–H and O–H groups in total. The normalized spacial score (nSPS) is 23.9. The van der Waals surface area contributed by atoms with Crippen LogP contribution in [0.4, 0.5) is 0 Å². The first-order valence-electron chi connectivity index (χ1n) is 7.11. The maximum Gasteiger partial charge on any atom is 0.245 e. The van der Waals surface area contributed by atoms with E-state index >= 15 is 0 Å². The molecule has 4 nitrogen and oxygen atoms in total. The third-order valence-electron chi connectivity index (χ3n) is 3.38. The summed E-state index contributed by atoms with van der Waals surface area (Å²) in [5.41, 5.74) is 0. The summed E-state index contributed by atoms with van der Waals surface area (Å²) in [7, 11) is 0. The van der Waals surface area contributed by atoms with Crippen molar-refractivity contribution < 1.29 is 9.59 Å². The highest BCUT2D eigenvalue weighted by Gasteiger charge is 2.39. The van der Waals surface area contributed by atoms with E-state index in [1.165, 1.54) is 0 Å². The highest BCUT2D eigenvalue weighted by atomic mass is 32.2. The Balaban J connectivity index is 2.83. The zero-order valence-electron chi connectivity index (χ0n) is 12.4. The number of nitrogens with one attached hydrogen (secondary N) is 1. The number of rotatable bonds is 7. The zero-order valence-corrected chi connectivity index (χ0v) is 13.3. The van der Waals surface area contributed by atoms with E-state index in [1.54, 1.807) is 16.7 Å². The lowest BCUT2D eigenvalue weighted by molar-refractivity contribution is -0.149. The molecule has 19 heavy (non-hydrogen) atoms. The molecular formula is C14H26N2O2S. The Morgan fingerprint density at radius 3 is 2.58 bits per heavy atom. The Morgan fingerprint density at radius 1 is 1.37 bits per heavy atom. The SMILES string of the molecule is CCCC1NC(=O)C(CC(C)C)N(CCSC)C1=O. The zero-order chi connectivity index (χ0) is 14.4. The van der Waals surface area contributed by atoms with Crippen LogP contribution in [0.5, 0.6) is 0 Å². The summed E-state index contributed by atoms with van der Waals surface area (Å²) in [4.78, 5) is 26.5. The number of hydrogen-bond donors (Lipinski definition) is 1. The van der Waals surface area contributed by atoms with Crippen LogP contribution in [0.3, 0.4) is 0 Å². The summed E-state index contributed by atoms with van der Waals surface area (Å²) >= 11 is 1.71. The van der Waals surface area contributed by atoms with E-state index < -0.39 is 0 Å². The van der Waals surface area contributed by atoms with Gasteiger partial charge in [-0.2, -0.15) is 11.8 Å². The van der Waals surface area contributed by atoms with E-state index in [9.17, 15) is 9.59 Å². The van der Waals surface area contributed by atoms with Crippen LogP contribution in [-0.2, 0) is 9.59 Å². The molecule has 2 amide bonds. The average Bonchev–Trinajstić information content (AvgIpc) is 2.35. The molecule has 0 aromatic rings. The molecule has 0 aliphatic carbocycles. The topological polar surface area (TPSA) is 49.4 Å². The van der Waals surface area contributed by atoms with Crippen molar-refractivity contribution in [1.29, 1.82) is 0 Å². The monoisotopic (exact) mass is 286 g/mol. The van der Waals surface area contributed by atoms with Crippen LogP contribution in [-0.4, -0.2) is 47.4 Å². The lowest BCUT2D eigenvalue weighted by atomic mass is 9.96. The van der Waals surface area contributed by atoms with Gasteiger partial charge in [0, 0.05) is 12.3 Å². The van der Waals surface area contributed by atoms with E-state index in [-0.39, 0.29) is 23.9 Å². The number of nitrogens with zero attached hydrogens (tertiary/aromatic N) is 1. The van der Waals surface area contributed by atoms with Crippen LogP contribution in [0.25, 0.3) is 0 Å². The molecule has 0 aromatic carbocycles. The third kappa shape index (κ3) is 4.41. The molecular weight excluding hydrogens is 260 g/mol. The van der Waals surface area contributed by atoms with Gasteiger partial charge in [0.1, 0.15) is 12.1 Å². The van der Waals surface area contributed by atoms with E-state index in [4.69, 9.17) is 0 Å². The average molecular weight is 286 g/mol. The molecule has 1 fully saturated rings. The number of carbonyl (C=O) groups is 2. The molecule has 0 radical (unpaired) electrons. The minimum absolute atomic E-state index is 0.0212. The summed E-state index contributed by atoms with van der Waals surface area (Å²) < 4.78 is 0. The summed E-state index contributed by atoms with van der Waals surface area (Å²) in [5.74, 6) is 1.41. The molecule has 1 heterocycles. The first-order valence-corrected chi connectivity index (χ1v) is 8.50. The van der Waals surface area contributed by atoms with Crippen molar-refractivity contribution in [2.24, 2.45) is 5.92 Å². The quantitative estimate of drug-likeness (QED) is 0.777. The van der Waals surface area contributed by atoms with E-state index in [2.05, 4.69) is 19.2 Å². The Hall–Kier alpha value is -0.710. The lowest BCUT2D eigenvalue weighted by Gasteiger charge is -2.39. The minimum atomic E-state index is -0.317. The summed E-state index contributed by atoms with van der Waals surface area (Å²) in [5, 5.41) is 2.89. The first kappa shape index (κ1) is 16.3. The summed E-state index contributed by atoms with van der Waals surface area (Å²) in [6.45, 7) is 6.88. The van der Waals surface area contributed by atoms with Gasteiger partial charge in [0.25, 0.3) is 0 Å². The van der Waals surface area contributed by atoms with Crippen molar-refractivity contribution in [1.82, 2.24) is 10.2 Å². The van der Waals surface area contributed by atoms with Crippen molar-refractivity contribution in [3.8, 4) is 0 Å². The fourth-order valence-electron chi connectivity index (χ4n) is 2.45. The van der Waals surface area contributed by atoms with Gasteiger partial charge >= 0.3 is 0 Å². The lowest BCUT2D eigenvalue weighted by Crippen LogP contribution is -2.63. The predicted octanol–water partition coefficient (Wildman–Crippen LogP) is 1.89. The molecule has 2 atom stereocenters. The highest BCUT2D eigenvalue weighted by Crippen LogP contribution is 2.19. The standard InChI is InChI=1S/C14H26N2O2S/c1-5-6-11-14(18)16(7-8-19-4)12(9-10(2)3)13(17)15-11/h10-12H,5-9H2,1-4H3,(H,15,17). The van der Waals surface area contributed by atoms with Crippen LogP contribution < -0.4 is 5.32 Å². The Kier molecular flexibility index (Phi) is 6.69. The molecule has 0 saturated carbocycles. The number of carbonyl (C=O) groups excluding carboxylic acids is 2. The third-order valence-corrected chi connectivity index (χ3v) is 3.98. The Bertz CT molecular complexity index is 321. The summed E-state index contributed by atoms with van der Waals surface area (Å²) in [6.07, 6.45) is 4.40. The van der Waals surface area contributed by atoms with Crippen molar-refractivity contribution in [3.63, 3.8) is 0 Å².